The molecule has 0 bridgehead atoms. The molecular formula is C11H12O4S. The summed E-state index contributed by atoms with van der Waals surface area (Å²) in [5, 5.41) is 8.67. The lowest BCUT2D eigenvalue weighted by atomic mass is 10.1. The summed E-state index contributed by atoms with van der Waals surface area (Å²) < 4.78 is 10.2. The van der Waals surface area contributed by atoms with Crippen LogP contribution in [0.25, 0.3) is 0 Å². The summed E-state index contributed by atoms with van der Waals surface area (Å²) in [6.07, 6.45) is 0.213. The molecule has 0 unspecified atom stereocenters. The average molecular weight is 240 g/mol. The molecule has 86 valence electrons. The minimum absolute atomic E-state index is 0.0211. The molecule has 1 aromatic carbocycles. The Balaban J connectivity index is 2.91. The third-order valence-electron chi connectivity index (χ3n) is 2.05. The first kappa shape index (κ1) is 12.4. The highest BCUT2D eigenvalue weighted by molar-refractivity contribution is 7.82. The summed E-state index contributed by atoms with van der Waals surface area (Å²) in [7, 11) is 3.07. The van der Waals surface area contributed by atoms with Crippen molar-refractivity contribution < 1.29 is 19.4 Å². The number of carbonyl (C=O) groups is 1. The predicted octanol–water partition coefficient (Wildman–Crippen LogP) is 1.70. The second kappa shape index (κ2) is 5.46. The highest BCUT2D eigenvalue weighted by Crippen LogP contribution is 2.27. The zero-order chi connectivity index (χ0) is 12.1. The Morgan fingerprint density at radius 3 is 2.44 bits per heavy atom. The van der Waals surface area contributed by atoms with E-state index in [9.17, 15) is 4.79 Å². The van der Waals surface area contributed by atoms with Gasteiger partial charge < -0.3 is 14.6 Å². The number of rotatable bonds is 5. The average Bonchev–Trinajstić information content (AvgIpc) is 2.28. The van der Waals surface area contributed by atoms with Crippen LogP contribution in [0, 0.1) is 0 Å². The van der Waals surface area contributed by atoms with E-state index in [0.717, 1.165) is 5.56 Å². The number of carboxylic acid groups (broad SMARTS) is 1. The van der Waals surface area contributed by atoms with E-state index < -0.39 is 5.97 Å². The Labute approximate surface area is 98.8 Å². The van der Waals surface area contributed by atoms with Gasteiger partial charge in [0.05, 0.1) is 14.2 Å². The number of ether oxygens (including phenoxy) is 2. The van der Waals surface area contributed by atoms with Crippen LogP contribution < -0.4 is 9.47 Å². The van der Waals surface area contributed by atoms with Crippen LogP contribution in [0.4, 0.5) is 0 Å². The fraction of sp³-hybridized carbons (Fsp3) is 0.273. The molecule has 0 radical (unpaired) electrons. The van der Waals surface area contributed by atoms with Crippen LogP contribution in [0.2, 0.25) is 0 Å². The Morgan fingerprint density at radius 2 is 1.94 bits per heavy atom. The van der Waals surface area contributed by atoms with E-state index in [1.54, 1.807) is 25.3 Å². The van der Waals surface area contributed by atoms with Gasteiger partial charge in [-0.1, -0.05) is 18.3 Å². The molecule has 0 aliphatic heterocycles. The topological polar surface area (TPSA) is 55.8 Å². The van der Waals surface area contributed by atoms with Crippen molar-refractivity contribution in [2.45, 2.75) is 6.42 Å². The first-order chi connectivity index (χ1) is 7.58. The maximum absolute atomic E-state index is 10.6. The van der Waals surface area contributed by atoms with Crippen LogP contribution >= 0.6 is 12.2 Å². The van der Waals surface area contributed by atoms with Gasteiger partial charge in [-0.05, 0) is 17.7 Å². The van der Waals surface area contributed by atoms with Crippen molar-refractivity contribution in [3.63, 3.8) is 0 Å². The van der Waals surface area contributed by atoms with E-state index >= 15 is 0 Å². The number of hydrogen-bond donors (Lipinski definition) is 1. The highest BCUT2D eigenvalue weighted by Gasteiger charge is 2.10. The molecule has 0 aliphatic carbocycles. The van der Waals surface area contributed by atoms with Crippen molar-refractivity contribution in [2.24, 2.45) is 0 Å². The lowest BCUT2D eigenvalue weighted by molar-refractivity contribution is -0.129. The summed E-state index contributed by atoms with van der Waals surface area (Å²) in [6.45, 7) is 0. The third kappa shape index (κ3) is 2.93. The van der Waals surface area contributed by atoms with Gasteiger partial charge in [-0.15, -0.1) is 0 Å². The van der Waals surface area contributed by atoms with Crippen LogP contribution in [0.3, 0.4) is 0 Å². The molecule has 1 rings (SSSR count). The van der Waals surface area contributed by atoms with Gasteiger partial charge in [0, 0.05) is 6.42 Å². The van der Waals surface area contributed by atoms with Crippen LogP contribution in [0.15, 0.2) is 18.2 Å². The summed E-state index contributed by atoms with van der Waals surface area (Å²) >= 11 is 4.73. The minimum atomic E-state index is -1.07. The van der Waals surface area contributed by atoms with Crippen molar-refractivity contribution in [3.05, 3.63) is 23.8 Å². The van der Waals surface area contributed by atoms with Crippen molar-refractivity contribution in [1.29, 1.82) is 0 Å². The summed E-state index contributed by atoms with van der Waals surface area (Å²) in [4.78, 5) is 10.6. The fourth-order valence-electron chi connectivity index (χ4n) is 1.25. The number of hydrogen-bond acceptors (Lipinski definition) is 4. The Hall–Kier alpha value is -1.62. The van der Waals surface area contributed by atoms with Gasteiger partial charge in [0.1, 0.15) is 4.86 Å². The van der Waals surface area contributed by atoms with Crippen molar-refractivity contribution in [3.8, 4) is 11.5 Å². The van der Waals surface area contributed by atoms with Crippen LogP contribution in [0.1, 0.15) is 5.56 Å². The molecule has 1 aromatic rings. The van der Waals surface area contributed by atoms with Crippen molar-refractivity contribution in [2.75, 3.05) is 14.2 Å². The summed E-state index contributed by atoms with van der Waals surface area (Å²) in [5.41, 5.74) is 0.782. The number of methoxy groups -OCH3 is 2. The fourth-order valence-corrected chi connectivity index (χ4v) is 1.42. The molecular weight excluding hydrogens is 228 g/mol. The molecule has 1 N–H and O–H groups in total. The maximum Gasteiger partial charge on any atom is 0.342 e. The van der Waals surface area contributed by atoms with E-state index in [1.807, 2.05) is 0 Å². The number of aliphatic carboxylic acids is 1. The smallest absolute Gasteiger partial charge is 0.342 e. The summed E-state index contributed by atoms with van der Waals surface area (Å²) in [5.74, 6) is 0.102. The quantitative estimate of drug-likeness (QED) is 0.794. The van der Waals surface area contributed by atoms with E-state index in [0.29, 0.717) is 11.5 Å². The lowest BCUT2D eigenvalue weighted by Gasteiger charge is -2.09. The highest BCUT2D eigenvalue weighted by atomic mass is 32.1. The van der Waals surface area contributed by atoms with Gasteiger partial charge in [-0.25, -0.2) is 4.79 Å². The van der Waals surface area contributed by atoms with Gasteiger partial charge in [-0.2, -0.15) is 0 Å². The van der Waals surface area contributed by atoms with E-state index in [1.165, 1.54) is 7.11 Å². The molecule has 0 heterocycles. The zero-order valence-corrected chi connectivity index (χ0v) is 9.84. The largest absolute Gasteiger partial charge is 0.493 e. The first-order valence-electron chi connectivity index (χ1n) is 4.55. The molecule has 5 heteroatoms. The Kier molecular flexibility index (Phi) is 4.25. The van der Waals surface area contributed by atoms with Crippen LogP contribution in [-0.2, 0) is 11.2 Å². The standard InChI is InChI=1S/C11H12O4S/c1-14-8-4-3-7(5-9(8)15-2)6-10(16)11(12)13/h3-5H,6H2,1-2H3,(H,12,13). The third-order valence-corrected chi connectivity index (χ3v) is 2.37. The van der Waals surface area contributed by atoms with Gasteiger partial charge in [-0.3, -0.25) is 0 Å². The van der Waals surface area contributed by atoms with E-state index in [4.69, 9.17) is 26.8 Å². The summed E-state index contributed by atoms with van der Waals surface area (Å²) in [6, 6.07) is 5.20. The zero-order valence-electron chi connectivity index (χ0n) is 9.02. The van der Waals surface area contributed by atoms with Crippen LogP contribution in [-0.4, -0.2) is 30.2 Å². The molecule has 0 aliphatic rings. The second-order valence-electron chi connectivity index (χ2n) is 3.09. The number of benzene rings is 1. The van der Waals surface area contributed by atoms with Crippen molar-refractivity contribution in [1.82, 2.24) is 0 Å². The first-order valence-corrected chi connectivity index (χ1v) is 4.96. The van der Waals surface area contributed by atoms with E-state index in [-0.39, 0.29) is 11.3 Å². The molecule has 0 aromatic heterocycles. The van der Waals surface area contributed by atoms with Gasteiger partial charge in [0.2, 0.25) is 0 Å². The second-order valence-corrected chi connectivity index (χ2v) is 3.59. The number of carboxylic acids is 1. The number of thiocarbonyl (C=S) groups is 1. The molecule has 0 amide bonds. The normalized spacial score (nSPS) is 9.62. The lowest BCUT2D eigenvalue weighted by Crippen LogP contribution is -2.12. The van der Waals surface area contributed by atoms with Gasteiger partial charge >= 0.3 is 5.97 Å². The van der Waals surface area contributed by atoms with Crippen LogP contribution in [0.5, 0.6) is 11.5 Å². The molecule has 0 atom stereocenters. The minimum Gasteiger partial charge on any atom is -0.493 e. The van der Waals surface area contributed by atoms with Gasteiger partial charge in [0.25, 0.3) is 0 Å². The van der Waals surface area contributed by atoms with E-state index in [2.05, 4.69) is 0 Å². The Morgan fingerprint density at radius 1 is 1.31 bits per heavy atom. The monoisotopic (exact) mass is 240 g/mol. The molecule has 0 spiro atoms. The molecule has 0 saturated carbocycles. The maximum atomic E-state index is 10.6. The SMILES string of the molecule is COc1ccc(CC(=S)C(=O)O)cc1OC. The predicted molar refractivity (Wildman–Crippen MR) is 63.5 cm³/mol. The van der Waals surface area contributed by atoms with Crippen molar-refractivity contribution >= 4 is 23.1 Å². The molecule has 4 nitrogen and oxygen atoms in total. The van der Waals surface area contributed by atoms with Gasteiger partial charge in [0.15, 0.2) is 11.5 Å². The molecule has 0 fully saturated rings. The Bertz CT molecular complexity index is 414. The molecule has 16 heavy (non-hydrogen) atoms. The molecule has 0 saturated heterocycles.